The molecule has 2 unspecified atom stereocenters. The molecule has 2 N–H and O–H groups in total. The largest absolute Gasteiger partial charge is 0.480 e. The van der Waals surface area contributed by atoms with Crippen molar-refractivity contribution in [2.24, 2.45) is 0 Å². The summed E-state index contributed by atoms with van der Waals surface area (Å²) in [6.45, 7) is 3.10. The number of nitrogens with one attached hydrogen (secondary N) is 1. The molecule has 2 atom stereocenters. The van der Waals surface area contributed by atoms with Gasteiger partial charge in [0.15, 0.2) is 0 Å². The van der Waals surface area contributed by atoms with Crippen molar-refractivity contribution in [3.63, 3.8) is 0 Å². The van der Waals surface area contributed by atoms with Gasteiger partial charge in [-0.05, 0) is 21.0 Å². The molecular weight excluding hydrogens is 242 g/mol. The van der Waals surface area contributed by atoms with Crippen LogP contribution in [0.5, 0.6) is 0 Å². The minimum Gasteiger partial charge on any atom is -0.480 e. The minimum atomic E-state index is -0.940. The van der Waals surface area contributed by atoms with Crippen LogP contribution in [0.4, 0.5) is 4.79 Å². The number of likely N-dealkylation sites (N-methyl/N-ethyl adjacent to an activating group) is 1. The second-order valence-corrected chi connectivity index (χ2v) is 5.58. The summed E-state index contributed by atoms with van der Waals surface area (Å²) in [6.07, 6.45) is 0. The van der Waals surface area contributed by atoms with E-state index < -0.39 is 12.0 Å². The Kier molecular flexibility index (Phi) is 5.07. The van der Waals surface area contributed by atoms with Crippen molar-refractivity contribution in [3.8, 4) is 0 Å². The standard InChI is InChI=1S/C10H19N3O3S/c1-7-13(8(6-17-7)9(14)15)10(16)11-4-5-12(2)3/h7-8H,4-6H2,1-3H3,(H,11,16)(H,14,15). The van der Waals surface area contributed by atoms with Crippen LogP contribution < -0.4 is 5.32 Å². The number of carboxylic acid groups (broad SMARTS) is 1. The van der Waals surface area contributed by atoms with Crippen LogP contribution in [0.3, 0.4) is 0 Å². The Morgan fingerprint density at radius 3 is 2.71 bits per heavy atom. The second-order valence-electron chi connectivity index (χ2n) is 4.23. The number of aliphatic carboxylic acids is 1. The lowest BCUT2D eigenvalue weighted by molar-refractivity contribution is -0.141. The number of carbonyl (C=O) groups is 2. The number of hydrogen-bond donors (Lipinski definition) is 2. The SMILES string of the molecule is CC1SCC(C(=O)O)N1C(=O)NCCN(C)C. The summed E-state index contributed by atoms with van der Waals surface area (Å²) in [7, 11) is 3.83. The Morgan fingerprint density at radius 2 is 2.18 bits per heavy atom. The molecule has 0 saturated carbocycles. The maximum atomic E-state index is 11.9. The van der Waals surface area contributed by atoms with Crippen molar-refractivity contribution in [2.75, 3.05) is 32.9 Å². The van der Waals surface area contributed by atoms with E-state index in [1.807, 2.05) is 25.9 Å². The fourth-order valence-corrected chi connectivity index (χ4v) is 2.79. The van der Waals surface area contributed by atoms with E-state index in [1.165, 1.54) is 16.7 Å². The zero-order valence-corrected chi connectivity index (χ0v) is 11.2. The molecule has 17 heavy (non-hydrogen) atoms. The lowest BCUT2D eigenvalue weighted by Gasteiger charge is -2.25. The van der Waals surface area contributed by atoms with Gasteiger partial charge in [-0.25, -0.2) is 9.59 Å². The van der Waals surface area contributed by atoms with E-state index >= 15 is 0 Å². The number of carboxylic acids is 1. The van der Waals surface area contributed by atoms with Crippen LogP contribution in [0, 0.1) is 0 Å². The molecule has 0 aromatic heterocycles. The molecule has 2 amide bonds. The number of hydrogen-bond acceptors (Lipinski definition) is 4. The molecule has 0 aromatic carbocycles. The highest BCUT2D eigenvalue weighted by Gasteiger charge is 2.39. The molecule has 98 valence electrons. The summed E-state index contributed by atoms with van der Waals surface area (Å²) >= 11 is 1.48. The van der Waals surface area contributed by atoms with Gasteiger partial charge in [-0.15, -0.1) is 11.8 Å². The molecule has 1 aliphatic heterocycles. The average Bonchev–Trinajstić information content (AvgIpc) is 2.59. The minimum absolute atomic E-state index is 0.0875. The first kappa shape index (κ1) is 14.1. The molecule has 0 radical (unpaired) electrons. The molecule has 1 rings (SSSR count). The lowest BCUT2D eigenvalue weighted by atomic mass is 10.3. The number of amides is 2. The van der Waals surface area contributed by atoms with E-state index in [2.05, 4.69) is 5.32 Å². The van der Waals surface area contributed by atoms with Crippen molar-refractivity contribution >= 4 is 23.8 Å². The first-order chi connectivity index (χ1) is 7.93. The van der Waals surface area contributed by atoms with Gasteiger partial charge in [0.25, 0.3) is 0 Å². The van der Waals surface area contributed by atoms with Crippen molar-refractivity contribution in [1.82, 2.24) is 15.1 Å². The fourth-order valence-electron chi connectivity index (χ4n) is 1.62. The summed E-state index contributed by atoms with van der Waals surface area (Å²) in [6, 6.07) is -1.01. The van der Waals surface area contributed by atoms with E-state index in [4.69, 9.17) is 5.11 Å². The Hall–Kier alpha value is -0.950. The Balaban J connectivity index is 2.51. The average molecular weight is 261 g/mol. The van der Waals surface area contributed by atoms with E-state index in [0.717, 1.165) is 6.54 Å². The quantitative estimate of drug-likeness (QED) is 0.751. The van der Waals surface area contributed by atoms with Crippen LogP contribution >= 0.6 is 11.8 Å². The highest BCUT2D eigenvalue weighted by Crippen LogP contribution is 2.28. The second kappa shape index (κ2) is 6.11. The van der Waals surface area contributed by atoms with Gasteiger partial charge in [-0.3, -0.25) is 4.90 Å². The zero-order valence-electron chi connectivity index (χ0n) is 10.3. The number of urea groups is 1. The van der Waals surface area contributed by atoms with Gasteiger partial charge < -0.3 is 15.3 Å². The number of thioether (sulfide) groups is 1. The number of nitrogens with zero attached hydrogens (tertiary/aromatic N) is 2. The van der Waals surface area contributed by atoms with Gasteiger partial charge in [-0.1, -0.05) is 0 Å². The van der Waals surface area contributed by atoms with Crippen molar-refractivity contribution in [2.45, 2.75) is 18.3 Å². The van der Waals surface area contributed by atoms with Crippen molar-refractivity contribution < 1.29 is 14.7 Å². The van der Waals surface area contributed by atoms with E-state index in [1.54, 1.807) is 0 Å². The maximum Gasteiger partial charge on any atom is 0.327 e. The molecule has 0 aromatic rings. The molecular formula is C10H19N3O3S. The normalized spacial score (nSPS) is 24.1. The Bertz CT molecular complexity index is 299. The Labute approximate surface area is 105 Å². The van der Waals surface area contributed by atoms with Gasteiger partial charge in [0.2, 0.25) is 0 Å². The smallest absolute Gasteiger partial charge is 0.327 e. The summed E-state index contributed by atoms with van der Waals surface area (Å²) in [5, 5.41) is 11.7. The van der Waals surface area contributed by atoms with Crippen LogP contribution in [0.2, 0.25) is 0 Å². The van der Waals surface area contributed by atoms with Gasteiger partial charge >= 0.3 is 12.0 Å². The molecule has 1 fully saturated rings. The molecule has 0 aliphatic carbocycles. The van der Waals surface area contributed by atoms with Gasteiger partial charge in [0.05, 0.1) is 5.37 Å². The summed E-state index contributed by atoms with van der Waals surface area (Å²) in [5.74, 6) is -0.484. The van der Waals surface area contributed by atoms with Gasteiger partial charge in [0.1, 0.15) is 6.04 Å². The molecule has 0 spiro atoms. The van der Waals surface area contributed by atoms with Crippen molar-refractivity contribution in [1.29, 1.82) is 0 Å². The highest BCUT2D eigenvalue weighted by atomic mass is 32.2. The highest BCUT2D eigenvalue weighted by molar-refractivity contribution is 8.00. The van der Waals surface area contributed by atoms with Crippen LogP contribution in [0.15, 0.2) is 0 Å². The molecule has 0 bridgehead atoms. The van der Waals surface area contributed by atoms with E-state index in [9.17, 15) is 9.59 Å². The maximum absolute atomic E-state index is 11.9. The summed E-state index contributed by atoms with van der Waals surface area (Å²) in [4.78, 5) is 26.2. The molecule has 1 aliphatic rings. The molecule has 6 nitrogen and oxygen atoms in total. The predicted molar refractivity (Wildman–Crippen MR) is 67.1 cm³/mol. The monoisotopic (exact) mass is 261 g/mol. The van der Waals surface area contributed by atoms with E-state index in [0.29, 0.717) is 12.3 Å². The zero-order chi connectivity index (χ0) is 13.0. The first-order valence-electron chi connectivity index (χ1n) is 5.48. The third-order valence-corrected chi connectivity index (χ3v) is 3.80. The Morgan fingerprint density at radius 1 is 1.53 bits per heavy atom. The summed E-state index contributed by atoms with van der Waals surface area (Å²) < 4.78 is 0. The van der Waals surface area contributed by atoms with Gasteiger partial charge in [-0.2, -0.15) is 0 Å². The summed E-state index contributed by atoms with van der Waals surface area (Å²) in [5.41, 5.74) is 0. The van der Waals surface area contributed by atoms with Crippen LogP contribution in [0.25, 0.3) is 0 Å². The topological polar surface area (TPSA) is 72.9 Å². The van der Waals surface area contributed by atoms with E-state index in [-0.39, 0.29) is 11.4 Å². The lowest BCUT2D eigenvalue weighted by Crippen LogP contribution is -2.50. The molecule has 7 heteroatoms. The van der Waals surface area contributed by atoms with Crippen LogP contribution in [0.1, 0.15) is 6.92 Å². The first-order valence-corrected chi connectivity index (χ1v) is 6.53. The number of carbonyl (C=O) groups excluding carboxylic acids is 1. The fraction of sp³-hybridized carbons (Fsp3) is 0.800. The third kappa shape index (κ3) is 3.78. The number of rotatable bonds is 4. The van der Waals surface area contributed by atoms with Crippen LogP contribution in [-0.4, -0.2) is 71.3 Å². The molecule has 1 heterocycles. The van der Waals surface area contributed by atoms with Crippen molar-refractivity contribution in [3.05, 3.63) is 0 Å². The predicted octanol–water partition coefficient (Wildman–Crippen LogP) is 0.106. The molecule has 1 saturated heterocycles. The van der Waals surface area contributed by atoms with Gasteiger partial charge in [0, 0.05) is 18.8 Å². The third-order valence-electron chi connectivity index (χ3n) is 2.58. The van der Waals surface area contributed by atoms with Crippen LogP contribution in [-0.2, 0) is 4.79 Å².